The molecule has 0 saturated carbocycles. The van der Waals surface area contributed by atoms with E-state index in [-0.39, 0.29) is 5.97 Å². The monoisotopic (exact) mass is 237 g/mol. The first-order chi connectivity index (χ1) is 7.77. The lowest BCUT2D eigenvalue weighted by Crippen LogP contribution is -2.28. The molecule has 16 heavy (non-hydrogen) atoms. The summed E-state index contributed by atoms with van der Waals surface area (Å²) >= 11 is 5.89. The average molecular weight is 238 g/mol. The molecule has 1 N–H and O–H groups in total. The average Bonchev–Trinajstić information content (AvgIpc) is 2.33. The number of halogens is 1. The Morgan fingerprint density at radius 3 is 2.88 bits per heavy atom. The Labute approximate surface area is 99.1 Å². The van der Waals surface area contributed by atoms with Gasteiger partial charge in [0.1, 0.15) is 5.75 Å². The molecule has 0 aliphatic carbocycles. The summed E-state index contributed by atoms with van der Waals surface area (Å²) in [5.74, 6) is 0.0703. The lowest BCUT2D eigenvalue weighted by molar-refractivity contribution is -0.130. The van der Waals surface area contributed by atoms with Crippen LogP contribution in [0.5, 0.6) is 5.75 Å². The van der Waals surface area contributed by atoms with Crippen LogP contribution in [-0.4, -0.2) is 19.1 Å². The standard InChI is InChI=1S/C12H12ClNO2/c13-10-5-1-2-6-11(10)16-12(15)9-4-3-7-14-8-9/h1-2,4-6,14H,3,7-8H2. The van der Waals surface area contributed by atoms with Gasteiger partial charge >= 0.3 is 5.97 Å². The molecule has 0 spiro atoms. The Morgan fingerprint density at radius 2 is 2.19 bits per heavy atom. The molecule has 3 nitrogen and oxygen atoms in total. The second-order valence-corrected chi connectivity index (χ2v) is 3.92. The van der Waals surface area contributed by atoms with E-state index in [1.807, 2.05) is 6.08 Å². The highest BCUT2D eigenvalue weighted by atomic mass is 35.5. The van der Waals surface area contributed by atoms with E-state index in [1.165, 1.54) is 0 Å². The van der Waals surface area contributed by atoms with Gasteiger partial charge in [-0.3, -0.25) is 0 Å². The molecule has 84 valence electrons. The quantitative estimate of drug-likeness (QED) is 0.633. The van der Waals surface area contributed by atoms with Crippen molar-refractivity contribution < 1.29 is 9.53 Å². The molecule has 1 heterocycles. The lowest BCUT2D eigenvalue weighted by Gasteiger charge is -2.13. The molecular weight excluding hydrogens is 226 g/mol. The Balaban J connectivity index is 2.07. The van der Waals surface area contributed by atoms with Crippen molar-refractivity contribution in [1.82, 2.24) is 5.32 Å². The van der Waals surface area contributed by atoms with Gasteiger partial charge in [-0.25, -0.2) is 4.79 Å². The van der Waals surface area contributed by atoms with Crippen LogP contribution in [-0.2, 0) is 4.79 Å². The van der Waals surface area contributed by atoms with E-state index in [0.29, 0.717) is 22.9 Å². The number of carbonyl (C=O) groups is 1. The van der Waals surface area contributed by atoms with Crippen molar-refractivity contribution in [3.05, 3.63) is 40.9 Å². The molecule has 0 atom stereocenters. The number of rotatable bonds is 2. The van der Waals surface area contributed by atoms with E-state index in [9.17, 15) is 4.79 Å². The number of ether oxygens (including phenoxy) is 1. The third kappa shape index (κ3) is 2.62. The van der Waals surface area contributed by atoms with Gasteiger partial charge < -0.3 is 10.1 Å². The van der Waals surface area contributed by atoms with Crippen molar-refractivity contribution in [3.8, 4) is 5.75 Å². The van der Waals surface area contributed by atoms with Gasteiger partial charge in [0.25, 0.3) is 0 Å². The zero-order valence-corrected chi connectivity index (χ0v) is 9.46. The van der Waals surface area contributed by atoms with Gasteiger partial charge in [0.2, 0.25) is 0 Å². The molecule has 1 aliphatic rings. The minimum atomic E-state index is -0.333. The summed E-state index contributed by atoms with van der Waals surface area (Å²) in [5.41, 5.74) is 0.658. The van der Waals surface area contributed by atoms with Crippen LogP contribution < -0.4 is 10.1 Å². The molecule has 2 rings (SSSR count). The second kappa shape index (κ2) is 5.14. The molecule has 1 aliphatic heterocycles. The van der Waals surface area contributed by atoms with E-state index < -0.39 is 0 Å². The summed E-state index contributed by atoms with van der Waals surface area (Å²) in [7, 11) is 0. The van der Waals surface area contributed by atoms with Crippen LogP contribution in [0.25, 0.3) is 0 Å². The van der Waals surface area contributed by atoms with E-state index in [2.05, 4.69) is 5.32 Å². The zero-order chi connectivity index (χ0) is 11.4. The molecule has 0 bridgehead atoms. The number of hydrogen-bond acceptors (Lipinski definition) is 3. The number of benzene rings is 1. The molecule has 0 radical (unpaired) electrons. The van der Waals surface area contributed by atoms with E-state index >= 15 is 0 Å². The van der Waals surface area contributed by atoms with Crippen molar-refractivity contribution in [2.45, 2.75) is 6.42 Å². The van der Waals surface area contributed by atoms with Crippen LogP contribution in [0.2, 0.25) is 5.02 Å². The number of carbonyl (C=O) groups excluding carboxylic acids is 1. The van der Waals surface area contributed by atoms with Crippen LogP contribution in [0.1, 0.15) is 6.42 Å². The summed E-state index contributed by atoms with van der Waals surface area (Å²) < 4.78 is 5.21. The summed E-state index contributed by atoms with van der Waals surface area (Å²) in [5, 5.41) is 3.56. The fourth-order valence-electron chi connectivity index (χ4n) is 1.49. The fourth-order valence-corrected chi connectivity index (χ4v) is 1.67. The maximum atomic E-state index is 11.7. The minimum absolute atomic E-state index is 0.333. The first kappa shape index (κ1) is 11.2. The van der Waals surface area contributed by atoms with Gasteiger partial charge in [-0.15, -0.1) is 0 Å². The van der Waals surface area contributed by atoms with Gasteiger partial charge in [-0.1, -0.05) is 29.8 Å². The van der Waals surface area contributed by atoms with E-state index in [1.54, 1.807) is 24.3 Å². The molecule has 4 heteroatoms. The first-order valence-electron chi connectivity index (χ1n) is 5.14. The number of esters is 1. The van der Waals surface area contributed by atoms with E-state index in [0.717, 1.165) is 13.0 Å². The maximum absolute atomic E-state index is 11.7. The smallest absolute Gasteiger partial charge is 0.340 e. The normalized spacial score (nSPS) is 15.4. The Bertz CT molecular complexity index is 429. The van der Waals surface area contributed by atoms with E-state index in [4.69, 9.17) is 16.3 Å². The van der Waals surface area contributed by atoms with Gasteiger partial charge in [0.05, 0.1) is 5.02 Å². The Kier molecular flexibility index (Phi) is 3.59. The van der Waals surface area contributed by atoms with Crippen LogP contribution in [0, 0.1) is 0 Å². The largest absolute Gasteiger partial charge is 0.422 e. The summed E-state index contributed by atoms with van der Waals surface area (Å²) in [6.45, 7) is 1.46. The zero-order valence-electron chi connectivity index (χ0n) is 8.70. The third-order valence-electron chi connectivity index (χ3n) is 2.33. The molecular formula is C12H12ClNO2. The fraction of sp³-hybridized carbons (Fsp3) is 0.250. The van der Waals surface area contributed by atoms with Gasteiger partial charge in [0, 0.05) is 12.1 Å². The predicted octanol–water partition coefficient (Wildman–Crippen LogP) is 2.17. The first-order valence-corrected chi connectivity index (χ1v) is 5.51. The highest BCUT2D eigenvalue weighted by Crippen LogP contribution is 2.24. The van der Waals surface area contributed by atoms with Crippen molar-refractivity contribution in [2.24, 2.45) is 0 Å². The van der Waals surface area contributed by atoms with Crippen molar-refractivity contribution in [3.63, 3.8) is 0 Å². The lowest BCUT2D eigenvalue weighted by atomic mass is 10.1. The van der Waals surface area contributed by atoms with Crippen LogP contribution >= 0.6 is 11.6 Å². The molecule has 0 amide bonds. The number of para-hydroxylation sites is 1. The number of hydrogen-bond donors (Lipinski definition) is 1. The van der Waals surface area contributed by atoms with Crippen molar-refractivity contribution >= 4 is 17.6 Å². The van der Waals surface area contributed by atoms with Gasteiger partial charge in [0.15, 0.2) is 0 Å². The minimum Gasteiger partial charge on any atom is -0.422 e. The van der Waals surface area contributed by atoms with Crippen molar-refractivity contribution in [1.29, 1.82) is 0 Å². The second-order valence-electron chi connectivity index (χ2n) is 3.51. The SMILES string of the molecule is O=C(Oc1ccccc1Cl)C1=CCCNC1. The van der Waals surface area contributed by atoms with Gasteiger partial charge in [-0.05, 0) is 25.1 Å². The summed E-state index contributed by atoms with van der Waals surface area (Å²) in [6, 6.07) is 6.94. The van der Waals surface area contributed by atoms with Crippen molar-refractivity contribution in [2.75, 3.05) is 13.1 Å². The number of nitrogens with one attached hydrogen (secondary N) is 1. The molecule has 0 aromatic heterocycles. The Hall–Kier alpha value is -1.32. The third-order valence-corrected chi connectivity index (χ3v) is 2.64. The maximum Gasteiger partial charge on any atom is 0.340 e. The predicted molar refractivity (Wildman–Crippen MR) is 62.7 cm³/mol. The molecule has 1 aromatic carbocycles. The molecule has 1 aromatic rings. The van der Waals surface area contributed by atoms with Gasteiger partial charge in [-0.2, -0.15) is 0 Å². The summed E-state index contributed by atoms with van der Waals surface area (Å²) in [6.07, 6.45) is 2.75. The summed E-state index contributed by atoms with van der Waals surface area (Å²) in [4.78, 5) is 11.7. The van der Waals surface area contributed by atoms with Crippen LogP contribution in [0.3, 0.4) is 0 Å². The highest BCUT2D eigenvalue weighted by molar-refractivity contribution is 6.32. The molecule has 0 saturated heterocycles. The van der Waals surface area contributed by atoms with Crippen LogP contribution in [0.15, 0.2) is 35.9 Å². The topological polar surface area (TPSA) is 38.3 Å². The highest BCUT2D eigenvalue weighted by Gasteiger charge is 2.15. The molecule has 0 unspecified atom stereocenters. The Morgan fingerprint density at radius 1 is 1.38 bits per heavy atom. The van der Waals surface area contributed by atoms with Crippen LogP contribution in [0.4, 0.5) is 0 Å². The molecule has 0 fully saturated rings.